The van der Waals surface area contributed by atoms with Gasteiger partial charge in [0.2, 0.25) is 0 Å². The molecule has 0 aromatic carbocycles. The molecule has 0 aliphatic carbocycles. The summed E-state index contributed by atoms with van der Waals surface area (Å²) in [6.45, 7) is 9.43. The van der Waals surface area contributed by atoms with Crippen molar-refractivity contribution in [2.75, 3.05) is 40.0 Å². The van der Waals surface area contributed by atoms with Crippen LogP contribution in [0.5, 0.6) is 0 Å². The predicted molar refractivity (Wildman–Crippen MR) is 95.2 cm³/mol. The SMILES string of the molecule is CCOC(=O)C(=CCCCN(C)C)C[P+](=O)C(OCC)C(C)C. The number of carbonyl (C=O) groups excluding carboxylic acids is 1. The minimum Gasteiger partial charge on any atom is -0.463 e. The first kappa shape index (κ1) is 22.2. The minimum atomic E-state index is -1.66. The van der Waals surface area contributed by atoms with E-state index in [0.717, 1.165) is 19.4 Å². The number of carbonyl (C=O) groups is 1. The van der Waals surface area contributed by atoms with Crippen molar-refractivity contribution in [3.8, 4) is 0 Å². The van der Waals surface area contributed by atoms with E-state index in [1.807, 2.05) is 40.9 Å². The quantitative estimate of drug-likeness (QED) is 0.234. The van der Waals surface area contributed by atoms with Crippen molar-refractivity contribution in [3.63, 3.8) is 0 Å². The molecule has 134 valence electrons. The smallest absolute Gasteiger partial charge is 0.375 e. The van der Waals surface area contributed by atoms with Crippen molar-refractivity contribution < 1.29 is 18.8 Å². The highest BCUT2D eigenvalue weighted by molar-refractivity contribution is 7.45. The van der Waals surface area contributed by atoms with Crippen LogP contribution in [-0.4, -0.2) is 56.7 Å². The molecule has 2 atom stereocenters. The van der Waals surface area contributed by atoms with Crippen LogP contribution in [0.2, 0.25) is 0 Å². The lowest BCUT2D eigenvalue weighted by molar-refractivity contribution is -0.138. The number of rotatable bonds is 12. The molecule has 0 aliphatic rings. The largest absolute Gasteiger partial charge is 0.463 e. The minimum absolute atomic E-state index is 0.149. The Balaban J connectivity index is 4.88. The highest BCUT2D eigenvalue weighted by Gasteiger charge is 2.36. The van der Waals surface area contributed by atoms with Crippen LogP contribution in [0.15, 0.2) is 11.6 Å². The van der Waals surface area contributed by atoms with Crippen molar-refractivity contribution >= 4 is 13.8 Å². The van der Waals surface area contributed by atoms with Crippen LogP contribution in [-0.2, 0) is 18.8 Å². The van der Waals surface area contributed by atoms with E-state index in [1.165, 1.54) is 0 Å². The number of ether oxygens (including phenoxy) is 2. The van der Waals surface area contributed by atoms with Gasteiger partial charge in [-0.3, -0.25) is 0 Å². The standard InChI is InChI=1S/C17H33NO4P/c1-7-21-16(19)15(11-9-10-12-18(5)6)13-23(20)17(14(3)4)22-8-2/h11,14,17H,7-10,12-13H2,1-6H3/q+1. The first-order chi connectivity index (χ1) is 10.8. The Kier molecular flexibility index (Phi) is 12.2. The van der Waals surface area contributed by atoms with E-state index in [0.29, 0.717) is 18.8 Å². The predicted octanol–water partition coefficient (Wildman–Crippen LogP) is 3.66. The summed E-state index contributed by atoms with van der Waals surface area (Å²) in [6, 6.07) is 0. The van der Waals surface area contributed by atoms with Crippen molar-refractivity contribution in [2.45, 2.75) is 46.4 Å². The topological polar surface area (TPSA) is 55.8 Å². The third-order valence-corrected chi connectivity index (χ3v) is 5.22. The average molecular weight is 346 g/mol. The van der Waals surface area contributed by atoms with Crippen LogP contribution in [0.25, 0.3) is 0 Å². The number of hydrogen-bond acceptors (Lipinski definition) is 5. The molecule has 0 bridgehead atoms. The fourth-order valence-electron chi connectivity index (χ4n) is 2.16. The fourth-order valence-corrected chi connectivity index (χ4v) is 3.91. The Morgan fingerprint density at radius 3 is 2.35 bits per heavy atom. The second-order valence-corrected chi connectivity index (χ2v) is 7.72. The molecule has 0 fully saturated rings. The highest BCUT2D eigenvalue weighted by atomic mass is 31.1. The summed E-state index contributed by atoms with van der Waals surface area (Å²) < 4.78 is 23.3. The Morgan fingerprint density at radius 2 is 1.87 bits per heavy atom. The first-order valence-corrected chi connectivity index (χ1v) is 9.91. The van der Waals surface area contributed by atoms with Gasteiger partial charge in [0.05, 0.1) is 12.2 Å². The number of nitrogens with zero attached hydrogens (tertiary/aromatic N) is 1. The van der Waals surface area contributed by atoms with E-state index in [1.54, 1.807) is 6.92 Å². The van der Waals surface area contributed by atoms with Gasteiger partial charge in [0.25, 0.3) is 5.85 Å². The van der Waals surface area contributed by atoms with Gasteiger partial charge in [0.1, 0.15) is 0 Å². The van der Waals surface area contributed by atoms with Crippen molar-refractivity contribution in [2.24, 2.45) is 5.92 Å². The fraction of sp³-hybridized carbons (Fsp3) is 0.824. The molecule has 23 heavy (non-hydrogen) atoms. The van der Waals surface area contributed by atoms with Gasteiger partial charge in [0.15, 0.2) is 6.16 Å². The molecule has 0 aromatic rings. The third kappa shape index (κ3) is 9.85. The maximum Gasteiger partial charge on any atom is 0.375 e. The van der Waals surface area contributed by atoms with Gasteiger partial charge in [-0.2, -0.15) is 0 Å². The molecule has 0 N–H and O–H groups in total. The molecule has 0 heterocycles. The lowest BCUT2D eigenvalue weighted by atomic mass is 10.2. The van der Waals surface area contributed by atoms with Gasteiger partial charge in [-0.15, -0.1) is 0 Å². The summed E-state index contributed by atoms with van der Waals surface area (Å²) >= 11 is 0. The maximum absolute atomic E-state index is 12.6. The van der Waals surface area contributed by atoms with Crippen LogP contribution in [0.4, 0.5) is 0 Å². The molecule has 5 nitrogen and oxygen atoms in total. The average Bonchev–Trinajstić information content (AvgIpc) is 2.47. The second kappa shape index (κ2) is 12.6. The lowest BCUT2D eigenvalue weighted by Crippen LogP contribution is -2.19. The van der Waals surface area contributed by atoms with Crippen LogP contribution in [0.1, 0.15) is 40.5 Å². The van der Waals surface area contributed by atoms with E-state index < -0.39 is 7.80 Å². The Labute approximate surface area is 142 Å². The molecule has 0 saturated carbocycles. The molecule has 6 heteroatoms. The van der Waals surface area contributed by atoms with Gasteiger partial charge in [-0.1, -0.05) is 24.5 Å². The second-order valence-electron chi connectivity index (χ2n) is 6.06. The summed E-state index contributed by atoms with van der Waals surface area (Å²) in [5.74, 6) is -0.537. The van der Waals surface area contributed by atoms with Crippen molar-refractivity contribution in [3.05, 3.63) is 11.6 Å². The van der Waals surface area contributed by atoms with Crippen molar-refractivity contribution in [1.82, 2.24) is 4.90 Å². The van der Waals surface area contributed by atoms with Gasteiger partial charge in [-0.25, -0.2) is 4.79 Å². The molecule has 0 amide bonds. The number of allylic oxidation sites excluding steroid dienone is 1. The number of unbranched alkanes of at least 4 members (excludes halogenated alkanes) is 1. The molecule has 0 aromatic heterocycles. The summed E-state index contributed by atoms with van der Waals surface area (Å²) in [4.78, 5) is 14.2. The van der Waals surface area contributed by atoms with Gasteiger partial charge in [-0.05, 0) is 47.3 Å². The molecular weight excluding hydrogens is 313 g/mol. The lowest BCUT2D eigenvalue weighted by Gasteiger charge is -2.12. The zero-order valence-electron chi connectivity index (χ0n) is 15.5. The van der Waals surface area contributed by atoms with Crippen LogP contribution >= 0.6 is 7.80 Å². The van der Waals surface area contributed by atoms with Crippen LogP contribution < -0.4 is 0 Å². The normalized spacial score (nSPS) is 14.3. The van der Waals surface area contributed by atoms with Crippen LogP contribution in [0, 0.1) is 5.92 Å². The van der Waals surface area contributed by atoms with E-state index in [-0.39, 0.29) is 23.9 Å². The zero-order valence-corrected chi connectivity index (χ0v) is 16.4. The molecule has 0 radical (unpaired) electrons. The van der Waals surface area contributed by atoms with E-state index in [4.69, 9.17) is 9.47 Å². The Hall–Kier alpha value is -0.770. The monoisotopic (exact) mass is 346 g/mol. The van der Waals surface area contributed by atoms with Gasteiger partial charge >= 0.3 is 13.8 Å². The highest BCUT2D eigenvalue weighted by Crippen LogP contribution is 2.36. The summed E-state index contributed by atoms with van der Waals surface area (Å²) in [7, 11) is 2.38. The van der Waals surface area contributed by atoms with E-state index in [2.05, 4.69) is 4.90 Å². The summed E-state index contributed by atoms with van der Waals surface area (Å²) in [5.41, 5.74) is 0.511. The van der Waals surface area contributed by atoms with Gasteiger partial charge in [0, 0.05) is 12.5 Å². The van der Waals surface area contributed by atoms with Crippen molar-refractivity contribution in [1.29, 1.82) is 0 Å². The first-order valence-electron chi connectivity index (χ1n) is 8.39. The van der Waals surface area contributed by atoms with Crippen LogP contribution in [0.3, 0.4) is 0 Å². The van der Waals surface area contributed by atoms with Gasteiger partial charge < -0.3 is 14.4 Å². The summed E-state index contributed by atoms with van der Waals surface area (Å²) in [6.07, 6.45) is 3.82. The molecule has 2 unspecified atom stereocenters. The third-order valence-electron chi connectivity index (χ3n) is 3.26. The van der Waals surface area contributed by atoms with E-state index >= 15 is 0 Å². The van der Waals surface area contributed by atoms with E-state index in [9.17, 15) is 9.36 Å². The Morgan fingerprint density at radius 1 is 1.22 bits per heavy atom. The number of hydrogen-bond donors (Lipinski definition) is 0. The number of esters is 1. The molecule has 0 saturated heterocycles. The molecule has 0 spiro atoms. The zero-order chi connectivity index (χ0) is 17.8. The molecule has 0 rings (SSSR count). The maximum atomic E-state index is 12.6. The Bertz CT molecular complexity index is 394. The molecular formula is C17H33NO4P+. The summed E-state index contributed by atoms with van der Waals surface area (Å²) in [5, 5.41) is 0. The molecule has 0 aliphatic heterocycles.